The van der Waals surface area contributed by atoms with Crippen molar-refractivity contribution in [1.29, 1.82) is 0 Å². The molecule has 1 heterocycles. The molecule has 3 rings (SSSR count). The third kappa shape index (κ3) is 4.39. The molecule has 2 aromatic rings. The Balaban J connectivity index is 1.88. The van der Waals surface area contributed by atoms with Crippen LogP contribution in [-0.2, 0) is 10.0 Å². The SMILES string of the molecule is COc1ccc(Br)c(C(=O)Nc2ccc(C)c(S(=O)(=O)N3CCCCC3)c2)c1. The van der Waals surface area contributed by atoms with Gasteiger partial charge in [-0.25, -0.2) is 8.42 Å². The molecule has 8 heteroatoms. The Morgan fingerprint density at radius 2 is 1.82 bits per heavy atom. The first-order valence-electron chi connectivity index (χ1n) is 9.08. The van der Waals surface area contributed by atoms with Gasteiger partial charge in [-0.3, -0.25) is 4.79 Å². The largest absolute Gasteiger partial charge is 0.497 e. The molecule has 1 saturated heterocycles. The molecule has 0 radical (unpaired) electrons. The second-order valence-corrected chi connectivity index (χ2v) is 9.51. The van der Waals surface area contributed by atoms with Crippen LogP contribution in [-0.4, -0.2) is 38.8 Å². The van der Waals surface area contributed by atoms with Crippen molar-refractivity contribution < 1.29 is 17.9 Å². The van der Waals surface area contributed by atoms with E-state index in [1.54, 1.807) is 37.3 Å². The van der Waals surface area contributed by atoms with Gasteiger partial charge in [-0.05, 0) is 71.6 Å². The molecular weight excluding hydrogens is 444 g/mol. The predicted octanol–water partition coefficient (Wildman–Crippen LogP) is 4.19. The summed E-state index contributed by atoms with van der Waals surface area (Å²) in [7, 11) is -2.05. The molecule has 1 N–H and O–H groups in total. The number of methoxy groups -OCH3 is 1. The lowest BCUT2D eigenvalue weighted by Gasteiger charge is -2.26. The molecule has 0 saturated carbocycles. The quantitative estimate of drug-likeness (QED) is 0.716. The highest BCUT2D eigenvalue weighted by atomic mass is 79.9. The molecule has 0 unspecified atom stereocenters. The number of amides is 1. The van der Waals surface area contributed by atoms with Gasteiger partial charge >= 0.3 is 0 Å². The lowest BCUT2D eigenvalue weighted by Crippen LogP contribution is -2.36. The number of piperidine rings is 1. The van der Waals surface area contributed by atoms with Crippen LogP contribution in [0.1, 0.15) is 35.2 Å². The van der Waals surface area contributed by atoms with Gasteiger partial charge in [-0.2, -0.15) is 4.31 Å². The molecule has 1 fully saturated rings. The Kier molecular flexibility index (Phi) is 6.42. The maximum Gasteiger partial charge on any atom is 0.256 e. The summed E-state index contributed by atoms with van der Waals surface area (Å²) in [6, 6.07) is 10.1. The van der Waals surface area contributed by atoms with Crippen LogP contribution in [0, 0.1) is 6.92 Å². The third-order valence-corrected chi connectivity index (χ3v) is 7.53. The summed E-state index contributed by atoms with van der Waals surface area (Å²) < 4.78 is 33.4. The number of ether oxygens (including phenoxy) is 1. The summed E-state index contributed by atoms with van der Waals surface area (Å²) in [5.41, 5.74) is 1.49. The van der Waals surface area contributed by atoms with E-state index in [0.29, 0.717) is 40.1 Å². The van der Waals surface area contributed by atoms with Crippen molar-refractivity contribution in [3.8, 4) is 5.75 Å². The molecule has 1 amide bonds. The fourth-order valence-corrected chi connectivity index (χ4v) is 5.40. The number of aryl methyl sites for hydroxylation is 1. The van der Waals surface area contributed by atoms with E-state index in [4.69, 9.17) is 4.74 Å². The van der Waals surface area contributed by atoms with Gasteiger partial charge in [0.1, 0.15) is 5.75 Å². The first kappa shape index (κ1) is 20.8. The Bertz CT molecular complexity index is 986. The van der Waals surface area contributed by atoms with E-state index in [0.717, 1.165) is 19.3 Å². The second-order valence-electron chi connectivity index (χ2n) is 6.74. The number of hydrogen-bond acceptors (Lipinski definition) is 4. The number of halogens is 1. The van der Waals surface area contributed by atoms with Crippen molar-refractivity contribution in [2.45, 2.75) is 31.1 Å². The van der Waals surface area contributed by atoms with Gasteiger partial charge in [0.2, 0.25) is 10.0 Å². The lowest BCUT2D eigenvalue weighted by atomic mass is 10.2. The average molecular weight is 467 g/mol. The first-order valence-corrected chi connectivity index (χ1v) is 11.3. The fraction of sp³-hybridized carbons (Fsp3) is 0.350. The van der Waals surface area contributed by atoms with Gasteiger partial charge in [0.05, 0.1) is 17.6 Å². The van der Waals surface area contributed by atoms with Crippen molar-refractivity contribution in [1.82, 2.24) is 4.31 Å². The number of anilines is 1. The second kappa shape index (κ2) is 8.63. The van der Waals surface area contributed by atoms with Crippen LogP contribution in [0.2, 0.25) is 0 Å². The summed E-state index contributed by atoms with van der Waals surface area (Å²) in [5.74, 6) is 0.210. The maximum absolute atomic E-state index is 13.0. The van der Waals surface area contributed by atoms with Crippen LogP contribution >= 0.6 is 15.9 Å². The van der Waals surface area contributed by atoms with E-state index >= 15 is 0 Å². The first-order chi connectivity index (χ1) is 13.3. The molecule has 0 spiro atoms. The van der Waals surface area contributed by atoms with E-state index < -0.39 is 10.0 Å². The van der Waals surface area contributed by atoms with Crippen molar-refractivity contribution in [3.63, 3.8) is 0 Å². The topological polar surface area (TPSA) is 75.7 Å². The van der Waals surface area contributed by atoms with Crippen LogP contribution in [0.4, 0.5) is 5.69 Å². The average Bonchev–Trinajstić information content (AvgIpc) is 2.70. The maximum atomic E-state index is 13.0. The lowest BCUT2D eigenvalue weighted by molar-refractivity contribution is 0.102. The van der Waals surface area contributed by atoms with Gasteiger partial charge in [0, 0.05) is 23.2 Å². The summed E-state index contributed by atoms with van der Waals surface area (Å²) >= 11 is 3.36. The van der Waals surface area contributed by atoms with Gasteiger partial charge in [0.25, 0.3) is 5.91 Å². The van der Waals surface area contributed by atoms with Gasteiger partial charge in [0.15, 0.2) is 0 Å². The molecule has 0 atom stereocenters. The Morgan fingerprint density at radius 3 is 2.50 bits per heavy atom. The number of hydrogen-bond donors (Lipinski definition) is 1. The van der Waals surface area contributed by atoms with Crippen molar-refractivity contribution >= 4 is 37.5 Å². The number of rotatable bonds is 5. The number of carbonyl (C=O) groups excluding carboxylic acids is 1. The highest BCUT2D eigenvalue weighted by molar-refractivity contribution is 9.10. The number of nitrogens with one attached hydrogen (secondary N) is 1. The Labute approximate surface area is 174 Å². The number of benzene rings is 2. The van der Waals surface area contributed by atoms with E-state index in [1.165, 1.54) is 17.5 Å². The standard InChI is InChI=1S/C20H23BrN2O4S/c1-14-6-7-15(12-19(14)28(25,26)23-10-4-3-5-11-23)22-20(24)17-13-16(27-2)8-9-18(17)21/h6-9,12-13H,3-5,10-11H2,1-2H3,(H,22,24). The minimum absolute atomic E-state index is 0.233. The van der Waals surface area contributed by atoms with Crippen LogP contribution < -0.4 is 10.1 Å². The molecule has 6 nitrogen and oxygen atoms in total. The van der Waals surface area contributed by atoms with Gasteiger partial charge in [-0.15, -0.1) is 0 Å². The predicted molar refractivity (Wildman–Crippen MR) is 112 cm³/mol. The van der Waals surface area contributed by atoms with E-state index in [1.807, 2.05) is 0 Å². The fourth-order valence-electron chi connectivity index (χ4n) is 3.20. The highest BCUT2D eigenvalue weighted by Crippen LogP contribution is 2.27. The number of nitrogens with zero attached hydrogens (tertiary/aromatic N) is 1. The molecule has 1 aliphatic rings. The van der Waals surface area contributed by atoms with Crippen LogP contribution in [0.3, 0.4) is 0 Å². The minimum atomic E-state index is -3.58. The molecule has 0 bridgehead atoms. The Morgan fingerprint density at radius 1 is 1.11 bits per heavy atom. The summed E-state index contributed by atoms with van der Waals surface area (Å²) in [6.45, 7) is 2.84. The molecule has 150 valence electrons. The van der Waals surface area contributed by atoms with Gasteiger partial charge in [-0.1, -0.05) is 12.5 Å². The molecule has 0 aromatic heterocycles. The molecule has 1 aliphatic heterocycles. The zero-order chi connectivity index (χ0) is 20.3. The molecule has 28 heavy (non-hydrogen) atoms. The third-order valence-electron chi connectivity index (χ3n) is 4.80. The smallest absolute Gasteiger partial charge is 0.256 e. The van der Waals surface area contributed by atoms with Crippen LogP contribution in [0.15, 0.2) is 45.8 Å². The van der Waals surface area contributed by atoms with Crippen molar-refractivity contribution in [2.24, 2.45) is 0 Å². The number of sulfonamides is 1. The van der Waals surface area contributed by atoms with Crippen molar-refractivity contribution in [2.75, 3.05) is 25.5 Å². The van der Waals surface area contributed by atoms with E-state index in [2.05, 4.69) is 21.2 Å². The summed E-state index contributed by atoms with van der Waals surface area (Å²) in [5, 5.41) is 2.79. The minimum Gasteiger partial charge on any atom is -0.497 e. The molecular formula is C20H23BrN2O4S. The number of carbonyl (C=O) groups is 1. The van der Waals surface area contributed by atoms with Crippen LogP contribution in [0.25, 0.3) is 0 Å². The van der Waals surface area contributed by atoms with Gasteiger partial charge < -0.3 is 10.1 Å². The normalized spacial score (nSPS) is 15.2. The monoisotopic (exact) mass is 466 g/mol. The summed E-state index contributed by atoms with van der Waals surface area (Å²) in [4.78, 5) is 12.9. The zero-order valence-electron chi connectivity index (χ0n) is 15.9. The van der Waals surface area contributed by atoms with Crippen molar-refractivity contribution in [3.05, 3.63) is 52.0 Å². The highest BCUT2D eigenvalue weighted by Gasteiger charge is 2.27. The zero-order valence-corrected chi connectivity index (χ0v) is 18.3. The molecule has 0 aliphatic carbocycles. The van der Waals surface area contributed by atoms with E-state index in [-0.39, 0.29) is 10.8 Å². The summed E-state index contributed by atoms with van der Waals surface area (Å²) in [6.07, 6.45) is 2.80. The molecule has 2 aromatic carbocycles. The van der Waals surface area contributed by atoms with E-state index in [9.17, 15) is 13.2 Å². The van der Waals surface area contributed by atoms with Crippen LogP contribution in [0.5, 0.6) is 5.75 Å². The Hall–Kier alpha value is -1.90.